The largest absolute Gasteiger partial charge is 0.356 e. The summed E-state index contributed by atoms with van der Waals surface area (Å²) in [6, 6.07) is 0.00640. The lowest BCUT2D eigenvalue weighted by atomic mass is 9.84. The molecule has 2 rings (SSSR count). The molecule has 22 heavy (non-hydrogen) atoms. The maximum atomic E-state index is 12.2. The van der Waals surface area contributed by atoms with Gasteiger partial charge < -0.3 is 11.1 Å². The molecule has 0 radical (unpaired) electrons. The highest BCUT2D eigenvalue weighted by atomic mass is 35.5. The van der Waals surface area contributed by atoms with Crippen LogP contribution in [-0.4, -0.2) is 50.6 Å². The molecular weight excluding hydrogens is 326 g/mol. The van der Waals surface area contributed by atoms with Crippen LogP contribution < -0.4 is 11.1 Å². The number of amides is 1. The summed E-state index contributed by atoms with van der Waals surface area (Å²) in [5.41, 5.74) is 6.15. The van der Waals surface area contributed by atoms with Gasteiger partial charge in [-0.05, 0) is 37.5 Å². The summed E-state index contributed by atoms with van der Waals surface area (Å²) < 4.78 is 24.3. The van der Waals surface area contributed by atoms with E-state index in [4.69, 9.17) is 5.73 Å². The number of hydrogen-bond acceptors (Lipinski definition) is 4. The van der Waals surface area contributed by atoms with Crippen molar-refractivity contribution in [3.63, 3.8) is 0 Å². The lowest BCUT2D eigenvalue weighted by molar-refractivity contribution is -0.127. The molecule has 2 aliphatic rings. The maximum Gasteiger partial charge on any atom is 0.224 e. The number of hydrogen-bond donors (Lipinski definition) is 2. The van der Waals surface area contributed by atoms with Crippen LogP contribution in [-0.2, 0) is 14.8 Å². The van der Waals surface area contributed by atoms with E-state index in [0.29, 0.717) is 37.9 Å². The fourth-order valence-electron chi connectivity index (χ4n) is 3.87. The van der Waals surface area contributed by atoms with Gasteiger partial charge in [0.2, 0.25) is 15.9 Å². The molecule has 4 atom stereocenters. The minimum absolute atomic E-state index is 0. The second-order valence-electron chi connectivity index (χ2n) is 6.34. The lowest BCUT2D eigenvalue weighted by Crippen LogP contribution is -2.45. The molecule has 6 nitrogen and oxygen atoms in total. The van der Waals surface area contributed by atoms with Crippen molar-refractivity contribution in [2.24, 2.45) is 23.5 Å². The highest BCUT2D eigenvalue weighted by Crippen LogP contribution is 2.47. The molecular formula is C14H28ClN3O3S. The van der Waals surface area contributed by atoms with Crippen molar-refractivity contribution < 1.29 is 13.2 Å². The van der Waals surface area contributed by atoms with Gasteiger partial charge in [0, 0.05) is 25.7 Å². The summed E-state index contributed by atoms with van der Waals surface area (Å²) >= 11 is 0. The summed E-state index contributed by atoms with van der Waals surface area (Å²) in [6.07, 6.45) is 5.21. The van der Waals surface area contributed by atoms with E-state index >= 15 is 0 Å². The van der Waals surface area contributed by atoms with Gasteiger partial charge in [-0.2, -0.15) is 0 Å². The molecule has 0 aromatic heterocycles. The van der Waals surface area contributed by atoms with Crippen molar-refractivity contribution in [2.45, 2.75) is 38.6 Å². The van der Waals surface area contributed by atoms with Gasteiger partial charge in [-0.15, -0.1) is 12.4 Å². The predicted octanol–water partition coefficient (Wildman–Crippen LogP) is 0.569. The van der Waals surface area contributed by atoms with E-state index in [-0.39, 0.29) is 30.3 Å². The average Bonchev–Trinajstić information content (AvgIpc) is 2.97. The maximum absolute atomic E-state index is 12.2. The monoisotopic (exact) mass is 353 g/mol. The molecule has 0 aliphatic heterocycles. The summed E-state index contributed by atoms with van der Waals surface area (Å²) in [7, 11) is -3.15. The molecule has 3 N–H and O–H groups in total. The fourth-order valence-corrected chi connectivity index (χ4v) is 4.80. The molecule has 1 amide bonds. The summed E-state index contributed by atoms with van der Waals surface area (Å²) in [4.78, 5) is 12.2. The SMILES string of the molecule is CCN(CCCNC(=O)C1C2CCC(C2)C1N)S(C)(=O)=O.Cl. The standard InChI is InChI=1S/C14H27N3O3S.ClH/c1-3-17(21(2,19)20)8-4-7-16-14(18)12-10-5-6-11(9-10)13(12)15;/h10-13H,3-9,15H2,1-2H3,(H,16,18);1H. The molecule has 0 heterocycles. The number of halogens is 1. The van der Waals surface area contributed by atoms with Gasteiger partial charge in [0.25, 0.3) is 0 Å². The molecule has 2 bridgehead atoms. The van der Waals surface area contributed by atoms with Gasteiger partial charge in [0.05, 0.1) is 12.2 Å². The zero-order valence-electron chi connectivity index (χ0n) is 13.3. The Labute approximate surface area is 139 Å². The second kappa shape index (κ2) is 7.95. The topological polar surface area (TPSA) is 92.5 Å². The number of nitrogens with one attached hydrogen (secondary N) is 1. The van der Waals surface area contributed by atoms with Crippen molar-refractivity contribution >= 4 is 28.3 Å². The molecule has 0 spiro atoms. The van der Waals surface area contributed by atoms with Crippen LogP contribution in [0.4, 0.5) is 0 Å². The Kier molecular flexibility index (Phi) is 7.11. The number of carbonyl (C=O) groups is 1. The zero-order valence-corrected chi connectivity index (χ0v) is 15.0. The molecule has 2 saturated carbocycles. The van der Waals surface area contributed by atoms with Crippen LogP contribution in [0, 0.1) is 17.8 Å². The van der Waals surface area contributed by atoms with Gasteiger partial charge in [-0.1, -0.05) is 6.92 Å². The summed E-state index contributed by atoms with van der Waals surface area (Å²) in [5.74, 6) is 0.984. The van der Waals surface area contributed by atoms with E-state index in [0.717, 1.165) is 19.3 Å². The van der Waals surface area contributed by atoms with Crippen LogP contribution in [0.2, 0.25) is 0 Å². The Morgan fingerprint density at radius 2 is 1.95 bits per heavy atom. The third-order valence-electron chi connectivity index (χ3n) is 4.99. The van der Waals surface area contributed by atoms with Crippen LogP contribution in [0.5, 0.6) is 0 Å². The number of rotatable bonds is 7. The van der Waals surface area contributed by atoms with Crippen LogP contribution in [0.25, 0.3) is 0 Å². The third kappa shape index (κ3) is 4.34. The van der Waals surface area contributed by atoms with Gasteiger partial charge in [-0.3, -0.25) is 4.79 Å². The van der Waals surface area contributed by atoms with E-state index < -0.39 is 10.0 Å². The first-order valence-electron chi connectivity index (χ1n) is 7.83. The Hall–Kier alpha value is -0.370. The number of nitrogens with two attached hydrogens (primary N) is 1. The number of fused-ring (bicyclic) bond motifs is 2. The normalized spacial score (nSPS) is 30.4. The van der Waals surface area contributed by atoms with Crippen LogP contribution in [0.1, 0.15) is 32.6 Å². The van der Waals surface area contributed by atoms with E-state index in [9.17, 15) is 13.2 Å². The van der Waals surface area contributed by atoms with E-state index in [1.165, 1.54) is 10.6 Å². The van der Waals surface area contributed by atoms with E-state index in [2.05, 4.69) is 5.32 Å². The average molecular weight is 354 g/mol. The molecule has 2 aliphatic carbocycles. The fraction of sp³-hybridized carbons (Fsp3) is 0.929. The molecule has 2 fully saturated rings. The highest BCUT2D eigenvalue weighted by Gasteiger charge is 2.48. The highest BCUT2D eigenvalue weighted by molar-refractivity contribution is 7.88. The number of nitrogens with zero attached hydrogens (tertiary/aromatic N) is 1. The summed E-state index contributed by atoms with van der Waals surface area (Å²) in [6.45, 7) is 3.22. The van der Waals surface area contributed by atoms with E-state index in [1.54, 1.807) is 0 Å². The molecule has 0 saturated heterocycles. The summed E-state index contributed by atoms with van der Waals surface area (Å²) in [5, 5.41) is 2.93. The molecule has 8 heteroatoms. The van der Waals surface area contributed by atoms with Crippen molar-refractivity contribution in [3.05, 3.63) is 0 Å². The van der Waals surface area contributed by atoms with Gasteiger partial charge in [0.15, 0.2) is 0 Å². The minimum atomic E-state index is -3.15. The van der Waals surface area contributed by atoms with Crippen molar-refractivity contribution in [1.29, 1.82) is 0 Å². The van der Waals surface area contributed by atoms with Crippen LogP contribution >= 0.6 is 12.4 Å². The third-order valence-corrected chi connectivity index (χ3v) is 6.37. The Morgan fingerprint density at radius 1 is 1.32 bits per heavy atom. The molecule has 130 valence electrons. The zero-order chi connectivity index (χ0) is 15.6. The number of carbonyl (C=O) groups excluding carboxylic acids is 1. The van der Waals surface area contributed by atoms with Crippen LogP contribution in [0.3, 0.4) is 0 Å². The van der Waals surface area contributed by atoms with Gasteiger partial charge >= 0.3 is 0 Å². The van der Waals surface area contributed by atoms with E-state index in [1.807, 2.05) is 6.92 Å². The van der Waals surface area contributed by atoms with Crippen molar-refractivity contribution in [1.82, 2.24) is 9.62 Å². The number of sulfonamides is 1. The van der Waals surface area contributed by atoms with Gasteiger partial charge in [-0.25, -0.2) is 12.7 Å². The minimum Gasteiger partial charge on any atom is -0.356 e. The smallest absolute Gasteiger partial charge is 0.224 e. The lowest BCUT2D eigenvalue weighted by Gasteiger charge is -2.27. The Balaban J connectivity index is 0.00000242. The molecule has 4 unspecified atom stereocenters. The quantitative estimate of drug-likeness (QED) is 0.654. The first kappa shape index (κ1) is 19.7. The first-order valence-corrected chi connectivity index (χ1v) is 9.67. The van der Waals surface area contributed by atoms with Crippen molar-refractivity contribution in [2.75, 3.05) is 25.9 Å². The second-order valence-corrected chi connectivity index (χ2v) is 8.32. The van der Waals surface area contributed by atoms with Crippen molar-refractivity contribution in [3.8, 4) is 0 Å². The Bertz CT molecular complexity index is 484. The predicted molar refractivity (Wildman–Crippen MR) is 89.3 cm³/mol. The first-order chi connectivity index (χ1) is 9.84. The molecule has 0 aromatic carbocycles. The Morgan fingerprint density at radius 3 is 2.45 bits per heavy atom. The van der Waals surface area contributed by atoms with Gasteiger partial charge in [0.1, 0.15) is 0 Å². The molecule has 0 aromatic rings. The van der Waals surface area contributed by atoms with Crippen LogP contribution in [0.15, 0.2) is 0 Å².